The maximum atomic E-state index is 9.06. The smallest absolute Gasteiger partial charge is 0.223 e. The van der Waals surface area contributed by atoms with Crippen LogP contribution in [-0.2, 0) is 6.54 Å². The highest BCUT2D eigenvalue weighted by molar-refractivity contribution is 7.17. The molecule has 3 N–H and O–H groups in total. The molecule has 0 bridgehead atoms. The van der Waals surface area contributed by atoms with Crippen molar-refractivity contribution in [3.05, 3.63) is 22.2 Å². The number of aromatic nitrogens is 2. The van der Waals surface area contributed by atoms with E-state index in [1.807, 2.05) is 0 Å². The Labute approximate surface area is 114 Å². The molecule has 6 nitrogen and oxygen atoms in total. The zero-order valence-electron chi connectivity index (χ0n) is 10.4. The molecule has 2 heterocycles. The summed E-state index contributed by atoms with van der Waals surface area (Å²) >= 11 is 1.40. The van der Waals surface area contributed by atoms with Crippen LogP contribution in [0.5, 0.6) is 0 Å². The molecule has 0 amide bonds. The van der Waals surface area contributed by atoms with Crippen molar-refractivity contribution in [2.75, 3.05) is 11.1 Å². The summed E-state index contributed by atoms with van der Waals surface area (Å²) in [6.07, 6.45) is 2.28. The van der Waals surface area contributed by atoms with E-state index in [2.05, 4.69) is 21.5 Å². The first-order valence-corrected chi connectivity index (χ1v) is 6.86. The summed E-state index contributed by atoms with van der Waals surface area (Å²) in [4.78, 5) is 4.71. The van der Waals surface area contributed by atoms with Gasteiger partial charge in [-0.2, -0.15) is 10.2 Å². The zero-order valence-corrected chi connectivity index (χ0v) is 11.3. The van der Waals surface area contributed by atoms with Crippen LogP contribution in [0, 0.1) is 18.3 Å². The van der Waals surface area contributed by atoms with Crippen molar-refractivity contribution in [1.29, 1.82) is 5.26 Å². The maximum absolute atomic E-state index is 9.06. The van der Waals surface area contributed by atoms with Crippen molar-refractivity contribution < 1.29 is 4.52 Å². The van der Waals surface area contributed by atoms with Gasteiger partial charge in [0.15, 0.2) is 5.82 Å². The van der Waals surface area contributed by atoms with E-state index in [0.29, 0.717) is 34.7 Å². The Balaban J connectivity index is 1.82. The molecule has 1 fully saturated rings. The lowest BCUT2D eigenvalue weighted by atomic mass is 10.1. The second kappa shape index (κ2) is 4.55. The number of aryl methyl sites for hydroxylation is 1. The first kappa shape index (κ1) is 12.0. The molecule has 0 unspecified atom stereocenters. The number of nitrogens with one attached hydrogen (secondary N) is 1. The number of hydrogen-bond donors (Lipinski definition) is 2. The second-order valence-electron chi connectivity index (χ2n) is 4.56. The van der Waals surface area contributed by atoms with Gasteiger partial charge in [-0.05, 0) is 18.8 Å². The Bertz CT molecular complexity index is 650. The highest BCUT2D eigenvalue weighted by Crippen LogP contribution is 2.50. The monoisotopic (exact) mass is 275 g/mol. The summed E-state index contributed by atoms with van der Waals surface area (Å²) in [5.74, 6) is 1.64. The topological polar surface area (TPSA) is 101 Å². The van der Waals surface area contributed by atoms with Crippen molar-refractivity contribution in [1.82, 2.24) is 10.1 Å². The molecule has 19 heavy (non-hydrogen) atoms. The quantitative estimate of drug-likeness (QED) is 0.888. The number of anilines is 2. The molecule has 0 atom stereocenters. The van der Waals surface area contributed by atoms with Crippen LogP contribution in [0.25, 0.3) is 0 Å². The van der Waals surface area contributed by atoms with E-state index in [1.54, 1.807) is 6.92 Å². The second-order valence-corrected chi connectivity index (χ2v) is 5.58. The molecule has 0 aromatic carbocycles. The number of nitrogen functional groups attached to an aromatic ring is 1. The third kappa shape index (κ3) is 2.27. The van der Waals surface area contributed by atoms with Gasteiger partial charge in [-0.15, -0.1) is 11.3 Å². The molecular weight excluding hydrogens is 262 g/mol. The molecule has 2 aromatic heterocycles. The van der Waals surface area contributed by atoms with Crippen LogP contribution in [0.15, 0.2) is 4.52 Å². The largest absolute Gasteiger partial charge is 0.397 e. The number of nitriles is 1. The SMILES string of the molecule is Cc1nc(CNc2sc(C#N)c(N)c2C2CC2)no1. The zero-order chi connectivity index (χ0) is 13.4. The average molecular weight is 275 g/mol. The molecule has 7 heteroatoms. The minimum absolute atomic E-state index is 0.474. The van der Waals surface area contributed by atoms with E-state index in [9.17, 15) is 0 Å². The van der Waals surface area contributed by atoms with Gasteiger partial charge in [0, 0.05) is 12.5 Å². The lowest BCUT2D eigenvalue weighted by Gasteiger charge is -2.04. The van der Waals surface area contributed by atoms with Gasteiger partial charge in [0.25, 0.3) is 0 Å². The van der Waals surface area contributed by atoms with Crippen molar-refractivity contribution in [3.63, 3.8) is 0 Å². The van der Waals surface area contributed by atoms with Crippen LogP contribution in [0.2, 0.25) is 0 Å². The Morgan fingerprint density at radius 1 is 1.58 bits per heavy atom. The average Bonchev–Trinajstić information content (AvgIpc) is 3.06. The van der Waals surface area contributed by atoms with E-state index in [-0.39, 0.29) is 0 Å². The van der Waals surface area contributed by atoms with Gasteiger partial charge in [-0.1, -0.05) is 5.16 Å². The minimum Gasteiger partial charge on any atom is -0.397 e. The van der Waals surface area contributed by atoms with Crippen LogP contribution in [0.3, 0.4) is 0 Å². The van der Waals surface area contributed by atoms with Gasteiger partial charge in [-0.3, -0.25) is 0 Å². The van der Waals surface area contributed by atoms with E-state index in [4.69, 9.17) is 15.5 Å². The molecule has 2 aromatic rings. The summed E-state index contributed by atoms with van der Waals surface area (Å²) < 4.78 is 4.92. The first-order valence-electron chi connectivity index (χ1n) is 6.04. The van der Waals surface area contributed by atoms with Crippen molar-refractivity contribution in [2.45, 2.75) is 32.2 Å². The van der Waals surface area contributed by atoms with Crippen LogP contribution in [0.4, 0.5) is 10.7 Å². The van der Waals surface area contributed by atoms with Crippen LogP contribution in [-0.4, -0.2) is 10.1 Å². The fourth-order valence-corrected chi connectivity index (χ4v) is 3.02. The molecular formula is C12H13N5OS. The Morgan fingerprint density at radius 2 is 2.37 bits per heavy atom. The molecule has 98 valence electrons. The Hall–Kier alpha value is -2.07. The summed E-state index contributed by atoms with van der Waals surface area (Å²) in [7, 11) is 0. The molecule has 0 radical (unpaired) electrons. The number of rotatable bonds is 4. The number of hydrogen-bond acceptors (Lipinski definition) is 7. The standard InChI is InChI=1S/C12H13N5OS/c1-6-16-9(17-18-6)5-15-12-10(7-2-3-7)11(14)8(4-13)19-12/h7,15H,2-3,5,14H2,1H3. The third-order valence-corrected chi connectivity index (χ3v) is 4.13. The third-order valence-electron chi connectivity index (χ3n) is 3.05. The van der Waals surface area contributed by atoms with Gasteiger partial charge in [0.2, 0.25) is 5.89 Å². The van der Waals surface area contributed by atoms with Gasteiger partial charge >= 0.3 is 0 Å². The maximum Gasteiger partial charge on any atom is 0.223 e. The molecule has 1 saturated carbocycles. The Morgan fingerprint density at radius 3 is 2.95 bits per heavy atom. The fraction of sp³-hybridized carbons (Fsp3) is 0.417. The predicted octanol–water partition coefficient (Wildman–Crippen LogP) is 2.38. The van der Waals surface area contributed by atoms with Crippen molar-refractivity contribution in [3.8, 4) is 6.07 Å². The van der Waals surface area contributed by atoms with Gasteiger partial charge in [-0.25, -0.2) is 0 Å². The number of nitrogens with zero attached hydrogens (tertiary/aromatic N) is 3. The molecule has 0 spiro atoms. The summed E-state index contributed by atoms with van der Waals surface area (Å²) in [5.41, 5.74) is 7.74. The van der Waals surface area contributed by atoms with Crippen molar-refractivity contribution >= 4 is 22.0 Å². The van der Waals surface area contributed by atoms with E-state index >= 15 is 0 Å². The van der Waals surface area contributed by atoms with Gasteiger partial charge < -0.3 is 15.6 Å². The van der Waals surface area contributed by atoms with E-state index < -0.39 is 0 Å². The molecule has 1 aliphatic carbocycles. The fourth-order valence-electron chi connectivity index (χ4n) is 2.02. The van der Waals surface area contributed by atoms with Gasteiger partial charge in [0.1, 0.15) is 10.9 Å². The number of nitrogens with two attached hydrogens (primary N) is 1. The highest BCUT2D eigenvalue weighted by atomic mass is 32.1. The highest BCUT2D eigenvalue weighted by Gasteiger charge is 2.31. The van der Waals surface area contributed by atoms with E-state index in [0.717, 1.165) is 23.4 Å². The van der Waals surface area contributed by atoms with Crippen LogP contribution >= 0.6 is 11.3 Å². The van der Waals surface area contributed by atoms with Crippen molar-refractivity contribution in [2.24, 2.45) is 0 Å². The molecule has 1 aliphatic rings. The normalized spacial score (nSPS) is 14.3. The van der Waals surface area contributed by atoms with Crippen LogP contribution < -0.4 is 11.1 Å². The summed E-state index contributed by atoms with van der Waals surface area (Å²) in [6, 6.07) is 2.14. The lowest BCUT2D eigenvalue weighted by Crippen LogP contribution is -2.02. The van der Waals surface area contributed by atoms with E-state index in [1.165, 1.54) is 11.3 Å². The molecule has 3 rings (SSSR count). The predicted molar refractivity (Wildman–Crippen MR) is 71.8 cm³/mol. The first-order chi connectivity index (χ1) is 9.19. The summed E-state index contributed by atoms with van der Waals surface area (Å²) in [6.45, 7) is 2.23. The minimum atomic E-state index is 0.474. The molecule has 0 aliphatic heterocycles. The lowest BCUT2D eigenvalue weighted by molar-refractivity contribution is 0.388. The number of thiophene rings is 1. The Kier molecular flexibility index (Phi) is 2.87. The van der Waals surface area contributed by atoms with Gasteiger partial charge in [0.05, 0.1) is 17.2 Å². The molecule has 0 saturated heterocycles. The van der Waals surface area contributed by atoms with Crippen LogP contribution in [0.1, 0.15) is 40.9 Å². The summed E-state index contributed by atoms with van der Waals surface area (Å²) in [5, 5.41) is 17.1.